The predicted molar refractivity (Wildman–Crippen MR) is 271 cm³/mol. The Morgan fingerprint density at radius 3 is 1.21 bits per heavy atom. The standard InChI is InChI=1S/C60H39N7/c61-40-42-15-13-17-45(35-42)57-39-56(63-60(64-57)46-18-14-16-43(36-46)41-62)44-27-29-51(30-28-44)67-58-33-31-52(65(47-19-5-1-6-20-47)48-21-7-2-8-22-48)37-54(58)55-38-53(32-34-59(55)67)66(49-23-9-3-10-24-49)50-25-11-4-12-26-50/h1-39H. The third kappa shape index (κ3) is 7.80. The second kappa shape index (κ2) is 17.5. The van der Waals surface area contributed by atoms with Crippen LogP contribution in [0.25, 0.3) is 61.4 Å². The summed E-state index contributed by atoms with van der Waals surface area (Å²) in [5, 5.41) is 21.6. The third-order valence-corrected chi connectivity index (χ3v) is 12.0. The van der Waals surface area contributed by atoms with Crippen molar-refractivity contribution in [3.05, 3.63) is 248 Å². The van der Waals surface area contributed by atoms with E-state index in [1.165, 1.54) is 0 Å². The zero-order valence-corrected chi connectivity index (χ0v) is 36.1. The summed E-state index contributed by atoms with van der Waals surface area (Å²) in [6.07, 6.45) is 0. The highest BCUT2D eigenvalue weighted by Crippen LogP contribution is 2.43. The molecule has 0 bridgehead atoms. The highest BCUT2D eigenvalue weighted by Gasteiger charge is 2.21. The lowest BCUT2D eigenvalue weighted by atomic mass is 10.0. The van der Waals surface area contributed by atoms with Gasteiger partial charge in [-0.3, -0.25) is 0 Å². The second-order valence-corrected chi connectivity index (χ2v) is 16.1. The molecule has 9 aromatic carbocycles. The zero-order valence-electron chi connectivity index (χ0n) is 36.1. The number of hydrogen-bond acceptors (Lipinski definition) is 6. The van der Waals surface area contributed by atoms with E-state index in [9.17, 15) is 10.5 Å². The van der Waals surface area contributed by atoms with Gasteiger partial charge in [0.05, 0.1) is 45.7 Å². The molecule has 0 unspecified atom stereocenters. The Labute approximate surface area is 388 Å². The Bertz CT molecular complexity index is 3350. The molecular formula is C60H39N7. The number of anilines is 6. The van der Waals surface area contributed by atoms with E-state index in [0.29, 0.717) is 22.6 Å². The molecule has 0 aliphatic heterocycles. The molecule has 7 heteroatoms. The number of benzene rings is 9. The first-order chi connectivity index (χ1) is 33.1. The van der Waals surface area contributed by atoms with Gasteiger partial charge in [0.25, 0.3) is 0 Å². The summed E-state index contributed by atoms with van der Waals surface area (Å²) in [5.41, 5.74) is 14.4. The van der Waals surface area contributed by atoms with E-state index in [4.69, 9.17) is 9.97 Å². The highest BCUT2D eigenvalue weighted by molar-refractivity contribution is 6.12. The number of nitriles is 2. The first-order valence-electron chi connectivity index (χ1n) is 22.0. The molecule has 67 heavy (non-hydrogen) atoms. The second-order valence-electron chi connectivity index (χ2n) is 16.1. The van der Waals surface area contributed by atoms with Crippen molar-refractivity contribution in [3.8, 4) is 51.7 Å². The summed E-state index contributed by atoms with van der Waals surface area (Å²) in [5.74, 6) is 0.491. The number of fused-ring (bicyclic) bond motifs is 3. The Balaban J connectivity index is 1.09. The first-order valence-corrected chi connectivity index (χ1v) is 22.0. The fourth-order valence-corrected chi connectivity index (χ4v) is 8.89. The number of nitrogens with zero attached hydrogens (tertiary/aromatic N) is 7. The van der Waals surface area contributed by atoms with Crippen LogP contribution >= 0.6 is 0 Å². The minimum absolute atomic E-state index is 0.491. The third-order valence-electron chi connectivity index (χ3n) is 12.0. The van der Waals surface area contributed by atoms with Gasteiger partial charge in [0.1, 0.15) is 0 Å². The molecule has 0 spiro atoms. The van der Waals surface area contributed by atoms with Gasteiger partial charge in [-0.25, -0.2) is 9.97 Å². The van der Waals surface area contributed by atoms with Gasteiger partial charge in [0.15, 0.2) is 5.82 Å². The van der Waals surface area contributed by atoms with Crippen LogP contribution in [-0.2, 0) is 0 Å². The van der Waals surface area contributed by atoms with Crippen LogP contribution in [0.3, 0.4) is 0 Å². The SMILES string of the molecule is N#Cc1cccc(-c2cc(-c3ccc(-n4c5ccc(N(c6ccccc6)c6ccccc6)cc5c5cc(N(c6ccccc6)c6ccccc6)ccc54)cc3)nc(-c3cccc(C#N)c3)n2)c1. The van der Waals surface area contributed by atoms with Gasteiger partial charge in [0.2, 0.25) is 0 Å². The summed E-state index contributed by atoms with van der Waals surface area (Å²) in [6.45, 7) is 0. The lowest BCUT2D eigenvalue weighted by Crippen LogP contribution is -2.09. The molecule has 0 N–H and O–H groups in total. The fourth-order valence-electron chi connectivity index (χ4n) is 8.89. The molecule has 0 fully saturated rings. The normalized spacial score (nSPS) is 11.0. The summed E-state index contributed by atoms with van der Waals surface area (Å²) in [7, 11) is 0. The summed E-state index contributed by atoms with van der Waals surface area (Å²) in [4.78, 5) is 14.6. The summed E-state index contributed by atoms with van der Waals surface area (Å²) >= 11 is 0. The smallest absolute Gasteiger partial charge is 0.160 e. The Morgan fingerprint density at radius 2 is 0.761 bits per heavy atom. The average Bonchev–Trinajstić information content (AvgIpc) is 3.73. The van der Waals surface area contributed by atoms with E-state index in [-0.39, 0.29) is 0 Å². The van der Waals surface area contributed by atoms with E-state index >= 15 is 0 Å². The molecule has 0 amide bonds. The van der Waals surface area contributed by atoms with Crippen molar-refractivity contribution in [1.29, 1.82) is 10.5 Å². The Morgan fingerprint density at radius 1 is 0.343 bits per heavy atom. The molecule has 0 aliphatic rings. The van der Waals surface area contributed by atoms with E-state index in [0.717, 1.165) is 84.0 Å². The monoisotopic (exact) mass is 857 g/mol. The average molecular weight is 858 g/mol. The molecule has 314 valence electrons. The highest BCUT2D eigenvalue weighted by atomic mass is 15.1. The number of rotatable bonds is 10. The van der Waals surface area contributed by atoms with E-state index in [1.807, 2.05) is 60.7 Å². The predicted octanol–water partition coefficient (Wildman–Crippen LogP) is 15.3. The maximum absolute atomic E-state index is 9.71. The van der Waals surface area contributed by atoms with Crippen LogP contribution in [0.4, 0.5) is 34.1 Å². The number of para-hydroxylation sites is 4. The maximum Gasteiger partial charge on any atom is 0.160 e. The van der Waals surface area contributed by atoms with Gasteiger partial charge >= 0.3 is 0 Å². The van der Waals surface area contributed by atoms with E-state index < -0.39 is 0 Å². The van der Waals surface area contributed by atoms with Crippen LogP contribution in [0.2, 0.25) is 0 Å². The van der Waals surface area contributed by atoms with Crippen LogP contribution in [0.1, 0.15) is 11.1 Å². The number of aromatic nitrogens is 3. The topological polar surface area (TPSA) is 84.8 Å². The molecule has 0 radical (unpaired) electrons. The Hall–Kier alpha value is -9.56. The van der Waals surface area contributed by atoms with Crippen molar-refractivity contribution in [1.82, 2.24) is 14.5 Å². The van der Waals surface area contributed by atoms with Crippen molar-refractivity contribution in [2.45, 2.75) is 0 Å². The van der Waals surface area contributed by atoms with Crippen molar-refractivity contribution in [3.63, 3.8) is 0 Å². The minimum atomic E-state index is 0.491. The first kappa shape index (κ1) is 40.2. The maximum atomic E-state index is 9.71. The van der Waals surface area contributed by atoms with E-state index in [2.05, 4.69) is 184 Å². The lowest BCUT2D eigenvalue weighted by Gasteiger charge is -2.26. The molecule has 0 saturated heterocycles. The van der Waals surface area contributed by atoms with Crippen molar-refractivity contribution in [2.24, 2.45) is 0 Å². The summed E-state index contributed by atoms with van der Waals surface area (Å²) in [6, 6.07) is 85.2. The quantitative estimate of drug-likeness (QED) is 0.136. The molecular weight excluding hydrogens is 819 g/mol. The van der Waals surface area contributed by atoms with Gasteiger partial charge in [-0.1, -0.05) is 109 Å². The number of hydrogen-bond donors (Lipinski definition) is 0. The molecule has 0 saturated carbocycles. The fraction of sp³-hybridized carbons (Fsp3) is 0. The lowest BCUT2D eigenvalue weighted by molar-refractivity contribution is 1.17. The Kier molecular flexibility index (Phi) is 10.5. The largest absolute Gasteiger partial charge is 0.310 e. The van der Waals surface area contributed by atoms with Gasteiger partial charge in [0, 0.05) is 67.3 Å². The molecule has 2 aromatic heterocycles. The van der Waals surface area contributed by atoms with Crippen LogP contribution < -0.4 is 9.80 Å². The molecule has 11 aromatic rings. The van der Waals surface area contributed by atoms with Crippen LogP contribution in [0.5, 0.6) is 0 Å². The molecule has 11 rings (SSSR count). The van der Waals surface area contributed by atoms with Crippen LogP contribution in [0, 0.1) is 22.7 Å². The van der Waals surface area contributed by atoms with Crippen molar-refractivity contribution < 1.29 is 0 Å². The van der Waals surface area contributed by atoms with Crippen molar-refractivity contribution >= 4 is 55.9 Å². The van der Waals surface area contributed by atoms with Gasteiger partial charge in [-0.15, -0.1) is 0 Å². The van der Waals surface area contributed by atoms with Gasteiger partial charge in [-0.2, -0.15) is 10.5 Å². The van der Waals surface area contributed by atoms with Gasteiger partial charge < -0.3 is 14.4 Å². The van der Waals surface area contributed by atoms with E-state index in [1.54, 1.807) is 18.2 Å². The summed E-state index contributed by atoms with van der Waals surface area (Å²) < 4.78 is 2.34. The molecule has 0 atom stereocenters. The van der Waals surface area contributed by atoms with Crippen molar-refractivity contribution in [2.75, 3.05) is 9.80 Å². The van der Waals surface area contributed by atoms with Crippen LogP contribution in [0.15, 0.2) is 237 Å². The molecule has 2 heterocycles. The zero-order chi connectivity index (χ0) is 45.1. The minimum Gasteiger partial charge on any atom is -0.310 e. The van der Waals surface area contributed by atoms with Gasteiger partial charge in [-0.05, 0) is 127 Å². The molecule has 0 aliphatic carbocycles. The van der Waals surface area contributed by atoms with Crippen LogP contribution in [-0.4, -0.2) is 14.5 Å². The molecule has 7 nitrogen and oxygen atoms in total.